The first-order valence-electron chi connectivity index (χ1n) is 7.78. The van der Waals surface area contributed by atoms with Crippen molar-refractivity contribution in [3.05, 3.63) is 57.3 Å². The second-order valence-corrected chi connectivity index (χ2v) is 7.60. The predicted molar refractivity (Wildman–Crippen MR) is 102 cm³/mol. The Hall–Kier alpha value is -1.79. The van der Waals surface area contributed by atoms with Crippen LogP contribution in [0.15, 0.2) is 35.7 Å². The first-order valence-corrected chi connectivity index (χ1v) is 9.82. The molecule has 1 aromatic heterocycles. The number of amides is 2. The lowest BCUT2D eigenvalue weighted by Gasteiger charge is -2.08. The molecule has 1 heterocycles. The maximum absolute atomic E-state index is 12.0. The number of thiophene rings is 1. The van der Waals surface area contributed by atoms with Gasteiger partial charge in [0.1, 0.15) is 0 Å². The number of benzene rings is 1. The number of hydrogen-bond donors (Lipinski definition) is 2. The summed E-state index contributed by atoms with van der Waals surface area (Å²) in [6.45, 7) is 4.57. The fourth-order valence-electron chi connectivity index (χ4n) is 2.04. The van der Waals surface area contributed by atoms with Gasteiger partial charge in [-0.15, -0.1) is 11.3 Å². The predicted octanol–water partition coefficient (Wildman–Crippen LogP) is 3.14. The number of thioether (sulfide) groups is 1. The molecule has 2 rings (SSSR count). The number of rotatable bonds is 8. The molecule has 6 heteroatoms. The van der Waals surface area contributed by atoms with E-state index in [9.17, 15) is 9.59 Å². The lowest BCUT2D eigenvalue weighted by molar-refractivity contribution is -0.120. The van der Waals surface area contributed by atoms with Gasteiger partial charge >= 0.3 is 0 Å². The molecule has 2 N–H and O–H groups in total. The molecule has 0 fully saturated rings. The topological polar surface area (TPSA) is 58.2 Å². The standard InChI is InChI=1S/C18H22N2O2S2/c1-13-5-6-15(10-14(13)2)18(22)20-11-17(21)19-7-9-23-12-16-4-3-8-24-16/h3-6,8,10H,7,9,11-12H2,1-2H3,(H,19,21)(H,20,22). The Morgan fingerprint density at radius 2 is 1.96 bits per heavy atom. The van der Waals surface area contributed by atoms with E-state index in [1.54, 1.807) is 29.2 Å². The van der Waals surface area contributed by atoms with E-state index in [1.807, 2.05) is 32.0 Å². The molecule has 0 atom stereocenters. The van der Waals surface area contributed by atoms with Gasteiger partial charge in [-0.2, -0.15) is 11.8 Å². The highest BCUT2D eigenvalue weighted by molar-refractivity contribution is 7.98. The summed E-state index contributed by atoms with van der Waals surface area (Å²) < 4.78 is 0. The Morgan fingerprint density at radius 3 is 2.67 bits per heavy atom. The molecule has 0 saturated carbocycles. The van der Waals surface area contributed by atoms with Gasteiger partial charge in [-0.25, -0.2) is 0 Å². The van der Waals surface area contributed by atoms with Crippen molar-refractivity contribution >= 4 is 34.9 Å². The quantitative estimate of drug-likeness (QED) is 0.709. The molecule has 2 amide bonds. The molecule has 0 aliphatic carbocycles. The van der Waals surface area contributed by atoms with Gasteiger partial charge in [-0.05, 0) is 48.6 Å². The lowest BCUT2D eigenvalue weighted by Crippen LogP contribution is -2.37. The molecule has 0 radical (unpaired) electrons. The highest BCUT2D eigenvalue weighted by Gasteiger charge is 2.08. The smallest absolute Gasteiger partial charge is 0.251 e. The summed E-state index contributed by atoms with van der Waals surface area (Å²) in [4.78, 5) is 25.1. The van der Waals surface area contributed by atoms with Gasteiger partial charge in [0.05, 0.1) is 6.54 Å². The first kappa shape index (κ1) is 18.5. The van der Waals surface area contributed by atoms with E-state index in [4.69, 9.17) is 0 Å². The molecule has 0 bridgehead atoms. The highest BCUT2D eigenvalue weighted by atomic mass is 32.2. The summed E-state index contributed by atoms with van der Waals surface area (Å²) in [5, 5.41) is 7.54. The Kier molecular flexibility index (Phi) is 7.34. The second-order valence-electron chi connectivity index (χ2n) is 5.46. The molecule has 1 aromatic carbocycles. The zero-order chi connectivity index (χ0) is 17.4. The molecular weight excluding hydrogens is 340 g/mol. The summed E-state index contributed by atoms with van der Waals surface area (Å²) in [7, 11) is 0. The van der Waals surface area contributed by atoms with Crippen LogP contribution in [0, 0.1) is 13.8 Å². The fraction of sp³-hybridized carbons (Fsp3) is 0.333. The van der Waals surface area contributed by atoms with Crippen LogP contribution in [0.1, 0.15) is 26.4 Å². The van der Waals surface area contributed by atoms with Gasteiger partial charge < -0.3 is 10.6 Å². The van der Waals surface area contributed by atoms with E-state index >= 15 is 0 Å². The average molecular weight is 363 g/mol. The van der Waals surface area contributed by atoms with Crippen molar-refractivity contribution in [3.63, 3.8) is 0 Å². The minimum absolute atomic E-state index is 0.00134. The molecule has 0 saturated heterocycles. The maximum atomic E-state index is 12.0. The largest absolute Gasteiger partial charge is 0.354 e. The van der Waals surface area contributed by atoms with Crippen LogP contribution >= 0.6 is 23.1 Å². The minimum Gasteiger partial charge on any atom is -0.354 e. The summed E-state index contributed by atoms with van der Waals surface area (Å²) in [5.41, 5.74) is 2.79. The summed E-state index contributed by atoms with van der Waals surface area (Å²) in [6, 6.07) is 9.68. The number of hydrogen-bond acceptors (Lipinski definition) is 4. The molecule has 24 heavy (non-hydrogen) atoms. The third-order valence-corrected chi connectivity index (χ3v) is 5.64. The molecule has 0 aliphatic heterocycles. The first-order chi connectivity index (χ1) is 11.6. The third-order valence-electron chi connectivity index (χ3n) is 3.57. The fourth-order valence-corrected chi connectivity index (χ4v) is 3.74. The number of carbonyl (C=O) groups excluding carboxylic acids is 2. The Balaban J connectivity index is 1.61. The van der Waals surface area contributed by atoms with Crippen molar-refractivity contribution in [2.45, 2.75) is 19.6 Å². The van der Waals surface area contributed by atoms with Gasteiger partial charge in [0.2, 0.25) is 5.91 Å². The van der Waals surface area contributed by atoms with E-state index in [0.29, 0.717) is 12.1 Å². The molecule has 0 spiro atoms. The van der Waals surface area contributed by atoms with E-state index in [1.165, 1.54) is 4.88 Å². The van der Waals surface area contributed by atoms with Crippen LogP contribution in [0.5, 0.6) is 0 Å². The number of nitrogens with one attached hydrogen (secondary N) is 2. The molecule has 2 aromatic rings. The molecule has 128 valence electrons. The van der Waals surface area contributed by atoms with Crippen molar-refractivity contribution in [2.24, 2.45) is 0 Å². The van der Waals surface area contributed by atoms with Crippen LogP contribution in [0.3, 0.4) is 0 Å². The Labute approximate surface area is 151 Å². The van der Waals surface area contributed by atoms with Gasteiger partial charge in [0.15, 0.2) is 0 Å². The summed E-state index contributed by atoms with van der Waals surface area (Å²) >= 11 is 3.53. The molecular formula is C18H22N2O2S2. The lowest BCUT2D eigenvalue weighted by atomic mass is 10.1. The van der Waals surface area contributed by atoms with E-state index in [2.05, 4.69) is 22.1 Å². The van der Waals surface area contributed by atoms with Crippen LogP contribution < -0.4 is 10.6 Å². The molecule has 0 aliphatic rings. The van der Waals surface area contributed by atoms with Crippen LogP contribution in [0.25, 0.3) is 0 Å². The zero-order valence-corrected chi connectivity index (χ0v) is 15.6. The Morgan fingerprint density at radius 1 is 1.12 bits per heavy atom. The molecule has 0 unspecified atom stereocenters. The van der Waals surface area contributed by atoms with E-state index < -0.39 is 0 Å². The average Bonchev–Trinajstić information content (AvgIpc) is 3.08. The van der Waals surface area contributed by atoms with Crippen molar-refractivity contribution < 1.29 is 9.59 Å². The van der Waals surface area contributed by atoms with Gasteiger partial charge in [0.25, 0.3) is 5.91 Å². The number of carbonyl (C=O) groups is 2. The zero-order valence-electron chi connectivity index (χ0n) is 13.9. The maximum Gasteiger partial charge on any atom is 0.251 e. The van der Waals surface area contributed by atoms with Crippen molar-refractivity contribution in [2.75, 3.05) is 18.8 Å². The summed E-state index contributed by atoms with van der Waals surface area (Å²) in [6.07, 6.45) is 0. The van der Waals surface area contributed by atoms with Crippen molar-refractivity contribution in [1.29, 1.82) is 0 Å². The van der Waals surface area contributed by atoms with E-state index in [-0.39, 0.29) is 18.4 Å². The van der Waals surface area contributed by atoms with Gasteiger partial charge in [-0.3, -0.25) is 9.59 Å². The van der Waals surface area contributed by atoms with Crippen LogP contribution in [0.4, 0.5) is 0 Å². The highest BCUT2D eigenvalue weighted by Crippen LogP contribution is 2.16. The minimum atomic E-state index is -0.222. The second kappa shape index (κ2) is 9.49. The summed E-state index contributed by atoms with van der Waals surface area (Å²) in [5.74, 6) is 1.44. The van der Waals surface area contributed by atoms with Crippen LogP contribution in [-0.4, -0.2) is 30.7 Å². The van der Waals surface area contributed by atoms with Crippen LogP contribution in [-0.2, 0) is 10.5 Å². The normalized spacial score (nSPS) is 10.4. The monoisotopic (exact) mass is 362 g/mol. The third kappa shape index (κ3) is 6.02. The SMILES string of the molecule is Cc1ccc(C(=O)NCC(=O)NCCSCc2cccs2)cc1C. The Bertz CT molecular complexity index is 684. The van der Waals surface area contributed by atoms with E-state index in [0.717, 1.165) is 22.6 Å². The van der Waals surface area contributed by atoms with Gasteiger partial charge in [0, 0.05) is 28.5 Å². The van der Waals surface area contributed by atoms with Crippen LogP contribution in [0.2, 0.25) is 0 Å². The molecule has 4 nitrogen and oxygen atoms in total. The van der Waals surface area contributed by atoms with Crippen molar-refractivity contribution in [1.82, 2.24) is 10.6 Å². The van der Waals surface area contributed by atoms with Crippen molar-refractivity contribution in [3.8, 4) is 0 Å². The van der Waals surface area contributed by atoms with Gasteiger partial charge in [-0.1, -0.05) is 12.1 Å². The number of aryl methyl sites for hydroxylation is 2.